The average Bonchev–Trinajstić information content (AvgIpc) is 2.59. The van der Waals surface area contributed by atoms with Crippen LogP contribution in [-0.2, 0) is 28.0 Å². The SMILES string of the molecule is COCc1ccc2c(c1)CCN[C@H]2C(=O)Nc1cc(F)c(C(C)(C)C)c(F)c1.Cl. The zero-order chi connectivity index (χ0) is 20.5. The summed E-state index contributed by atoms with van der Waals surface area (Å²) >= 11 is 0. The number of hydrogen-bond acceptors (Lipinski definition) is 3. The maximum Gasteiger partial charge on any atom is 0.246 e. The number of amides is 1. The second-order valence-corrected chi connectivity index (χ2v) is 8.16. The van der Waals surface area contributed by atoms with Crippen molar-refractivity contribution in [3.05, 3.63) is 64.2 Å². The van der Waals surface area contributed by atoms with Crippen molar-refractivity contribution in [1.82, 2.24) is 5.32 Å². The third kappa shape index (κ3) is 5.13. The molecule has 1 aliphatic heterocycles. The Bertz CT molecular complexity index is 874. The molecule has 1 aliphatic rings. The van der Waals surface area contributed by atoms with Crippen LogP contribution in [-0.4, -0.2) is 19.6 Å². The second-order valence-electron chi connectivity index (χ2n) is 8.16. The summed E-state index contributed by atoms with van der Waals surface area (Å²) in [5, 5.41) is 5.83. The molecule has 29 heavy (non-hydrogen) atoms. The second kappa shape index (κ2) is 9.20. The van der Waals surface area contributed by atoms with Crippen molar-refractivity contribution in [1.29, 1.82) is 0 Å². The molecule has 1 heterocycles. The predicted molar refractivity (Wildman–Crippen MR) is 113 cm³/mol. The monoisotopic (exact) mass is 424 g/mol. The Hall–Kier alpha value is -2.02. The van der Waals surface area contributed by atoms with E-state index >= 15 is 0 Å². The normalized spacial score (nSPS) is 16.0. The fourth-order valence-electron chi connectivity index (χ4n) is 3.68. The molecule has 0 aromatic heterocycles. The number of fused-ring (bicyclic) bond motifs is 1. The Balaban J connectivity index is 0.00000300. The van der Waals surface area contributed by atoms with Crippen LogP contribution in [0.2, 0.25) is 0 Å². The van der Waals surface area contributed by atoms with Gasteiger partial charge in [0.1, 0.15) is 17.7 Å². The molecule has 4 nitrogen and oxygen atoms in total. The maximum absolute atomic E-state index is 14.4. The highest BCUT2D eigenvalue weighted by Gasteiger charge is 2.28. The summed E-state index contributed by atoms with van der Waals surface area (Å²) in [6.45, 7) is 6.39. The molecule has 0 spiro atoms. The molecule has 3 rings (SSSR count). The number of halogens is 3. The molecule has 2 aromatic carbocycles. The van der Waals surface area contributed by atoms with E-state index in [0.29, 0.717) is 13.2 Å². The van der Waals surface area contributed by atoms with Crippen molar-refractivity contribution in [3.63, 3.8) is 0 Å². The van der Waals surface area contributed by atoms with Crippen LogP contribution in [0.25, 0.3) is 0 Å². The minimum Gasteiger partial charge on any atom is -0.380 e. The van der Waals surface area contributed by atoms with Gasteiger partial charge in [0, 0.05) is 24.9 Å². The number of hydrogen-bond donors (Lipinski definition) is 2. The standard InChI is InChI=1S/C22H26F2N2O2.ClH/c1-22(2,3)19-17(23)10-15(11-18(19)24)26-21(27)20-16-6-5-13(12-28-4)9-14(16)7-8-25-20;/h5-6,9-11,20,25H,7-8,12H2,1-4H3,(H,26,27);1H/t20-;/m1./s1. The van der Waals surface area contributed by atoms with Gasteiger partial charge in [-0.25, -0.2) is 8.78 Å². The quantitative estimate of drug-likeness (QED) is 0.750. The van der Waals surface area contributed by atoms with E-state index in [4.69, 9.17) is 4.74 Å². The number of anilines is 1. The third-order valence-corrected chi connectivity index (χ3v) is 4.89. The highest BCUT2D eigenvalue weighted by Crippen LogP contribution is 2.31. The van der Waals surface area contributed by atoms with E-state index in [1.54, 1.807) is 27.9 Å². The highest BCUT2D eigenvalue weighted by molar-refractivity contribution is 5.96. The van der Waals surface area contributed by atoms with Crippen LogP contribution in [0.1, 0.15) is 49.1 Å². The first-order chi connectivity index (χ1) is 13.2. The van der Waals surface area contributed by atoms with Crippen LogP contribution in [0.3, 0.4) is 0 Å². The zero-order valence-electron chi connectivity index (χ0n) is 17.1. The van der Waals surface area contributed by atoms with Crippen LogP contribution >= 0.6 is 12.4 Å². The van der Waals surface area contributed by atoms with Crippen molar-refractivity contribution < 1.29 is 18.3 Å². The zero-order valence-corrected chi connectivity index (χ0v) is 17.9. The van der Waals surface area contributed by atoms with E-state index in [1.165, 1.54) is 12.1 Å². The number of methoxy groups -OCH3 is 1. The summed E-state index contributed by atoms with van der Waals surface area (Å²) in [7, 11) is 1.64. The maximum atomic E-state index is 14.4. The lowest BCUT2D eigenvalue weighted by Crippen LogP contribution is -2.38. The fourth-order valence-corrected chi connectivity index (χ4v) is 3.68. The summed E-state index contributed by atoms with van der Waals surface area (Å²) in [5.41, 5.74) is 2.45. The molecular weight excluding hydrogens is 398 g/mol. The van der Waals surface area contributed by atoms with Gasteiger partial charge < -0.3 is 15.4 Å². The van der Waals surface area contributed by atoms with Crippen LogP contribution < -0.4 is 10.6 Å². The van der Waals surface area contributed by atoms with Crippen molar-refractivity contribution >= 4 is 24.0 Å². The molecule has 2 N–H and O–H groups in total. The van der Waals surface area contributed by atoms with E-state index in [0.717, 1.165) is 23.1 Å². The van der Waals surface area contributed by atoms with E-state index < -0.39 is 23.1 Å². The number of benzene rings is 2. The molecule has 2 aromatic rings. The minimum absolute atomic E-state index is 0. The van der Waals surface area contributed by atoms with E-state index in [9.17, 15) is 13.6 Å². The van der Waals surface area contributed by atoms with Crippen molar-refractivity contribution in [2.45, 2.75) is 45.3 Å². The molecule has 7 heteroatoms. The van der Waals surface area contributed by atoms with Gasteiger partial charge in [0.15, 0.2) is 0 Å². The smallest absolute Gasteiger partial charge is 0.246 e. The Labute approximate surface area is 176 Å². The molecule has 0 bridgehead atoms. The largest absolute Gasteiger partial charge is 0.380 e. The van der Waals surface area contributed by atoms with Crippen molar-refractivity contribution in [2.75, 3.05) is 19.0 Å². The Morgan fingerprint density at radius 1 is 1.21 bits per heavy atom. The number of nitrogens with one attached hydrogen (secondary N) is 2. The number of carbonyl (C=O) groups is 1. The first-order valence-corrected chi connectivity index (χ1v) is 9.35. The molecule has 0 radical (unpaired) electrons. The Kier molecular flexibility index (Phi) is 7.38. The van der Waals surface area contributed by atoms with Crippen molar-refractivity contribution in [2.24, 2.45) is 0 Å². The Morgan fingerprint density at radius 3 is 2.45 bits per heavy atom. The molecule has 0 saturated heterocycles. The van der Waals surface area contributed by atoms with Crippen LogP contribution in [0.15, 0.2) is 30.3 Å². The molecular formula is C22H27ClF2N2O2. The van der Waals surface area contributed by atoms with Gasteiger partial charge in [-0.3, -0.25) is 4.79 Å². The van der Waals surface area contributed by atoms with Gasteiger partial charge in [0.05, 0.1) is 6.61 Å². The van der Waals surface area contributed by atoms with E-state index in [-0.39, 0.29) is 29.6 Å². The van der Waals surface area contributed by atoms with Crippen molar-refractivity contribution in [3.8, 4) is 0 Å². The molecule has 1 amide bonds. The molecule has 0 fully saturated rings. The molecule has 158 valence electrons. The average molecular weight is 425 g/mol. The van der Waals surface area contributed by atoms with Gasteiger partial charge >= 0.3 is 0 Å². The van der Waals surface area contributed by atoms with Gasteiger partial charge in [0.25, 0.3) is 0 Å². The van der Waals surface area contributed by atoms with Gasteiger partial charge in [0.2, 0.25) is 5.91 Å². The molecule has 0 saturated carbocycles. The first kappa shape index (κ1) is 23.3. The third-order valence-electron chi connectivity index (χ3n) is 4.89. The topological polar surface area (TPSA) is 50.4 Å². The summed E-state index contributed by atoms with van der Waals surface area (Å²) in [6, 6.07) is 7.64. The predicted octanol–water partition coefficient (Wildman–Crippen LogP) is 4.66. The molecule has 0 unspecified atom stereocenters. The van der Waals surface area contributed by atoms with Gasteiger partial charge in [-0.1, -0.05) is 39.0 Å². The number of carbonyl (C=O) groups excluding carboxylic acids is 1. The van der Waals surface area contributed by atoms with Gasteiger partial charge in [-0.05, 0) is 40.7 Å². The van der Waals surface area contributed by atoms with Gasteiger partial charge in [-0.2, -0.15) is 0 Å². The lowest BCUT2D eigenvalue weighted by atomic mass is 9.86. The van der Waals surface area contributed by atoms with E-state index in [1.807, 2.05) is 18.2 Å². The highest BCUT2D eigenvalue weighted by atomic mass is 35.5. The Morgan fingerprint density at radius 2 is 1.86 bits per heavy atom. The lowest BCUT2D eigenvalue weighted by molar-refractivity contribution is -0.118. The molecule has 1 atom stereocenters. The summed E-state index contributed by atoms with van der Waals surface area (Å²) in [4.78, 5) is 12.8. The van der Waals surface area contributed by atoms with Crippen LogP contribution in [0, 0.1) is 11.6 Å². The van der Waals surface area contributed by atoms with Crippen LogP contribution in [0.5, 0.6) is 0 Å². The lowest BCUT2D eigenvalue weighted by Gasteiger charge is -2.27. The van der Waals surface area contributed by atoms with Gasteiger partial charge in [-0.15, -0.1) is 12.4 Å². The summed E-state index contributed by atoms with van der Waals surface area (Å²) < 4.78 is 34.0. The fraction of sp³-hybridized carbons (Fsp3) is 0.409. The summed E-state index contributed by atoms with van der Waals surface area (Å²) in [5.74, 6) is -1.67. The number of rotatable bonds is 4. The first-order valence-electron chi connectivity index (χ1n) is 9.35. The number of ether oxygens (including phenoxy) is 1. The van der Waals surface area contributed by atoms with Crippen LogP contribution in [0.4, 0.5) is 14.5 Å². The van der Waals surface area contributed by atoms with E-state index in [2.05, 4.69) is 10.6 Å². The molecule has 0 aliphatic carbocycles. The summed E-state index contributed by atoms with van der Waals surface area (Å²) in [6.07, 6.45) is 0.806. The minimum atomic E-state index is -0.666.